The highest BCUT2D eigenvalue weighted by Gasteiger charge is 2.28. The predicted molar refractivity (Wildman–Crippen MR) is 220 cm³/mol. The van der Waals surface area contributed by atoms with Gasteiger partial charge in [-0.15, -0.1) is 12.8 Å². The summed E-state index contributed by atoms with van der Waals surface area (Å²) < 4.78 is 0. The molecular weight excluding hydrogens is 638 g/mol. The first kappa shape index (κ1) is 31.5. The number of fused-ring (bicyclic) bond motifs is 2. The van der Waals surface area contributed by atoms with Crippen LogP contribution in [-0.4, -0.2) is 0 Å². The molecule has 0 spiro atoms. The van der Waals surface area contributed by atoms with Gasteiger partial charge in [-0.25, -0.2) is 0 Å². The molecule has 0 fully saturated rings. The van der Waals surface area contributed by atoms with Crippen LogP contribution in [0, 0.1) is 24.7 Å². The molecule has 0 N–H and O–H groups in total. The molecular formula is C48H32P2. The van der Waals surface area contributed by atoms with Gasteiger partial charge in [0, 0.05) is 11.1 Å². The molecule has 8 aromatic carbocycles. The SMILES string of the molecule is C#Cc1cccc2c(-c3c(P(c4ccccc4)c4ccccc4)ccc4c(C#C)cccc34)c(P(c3ccccc3)c3ccccc3)ccc12. The van der Waals surface area contributed by atoms with Crippen LogP contribution in [0.2, 0.25) is 0 Å². The second-order valence-electron chi connectivity index (χ2n) is 12.0. The van der Waals surface area contributed by atoms with E-state index in [2.05, 4.69) is 182 Å². The predicted octanol–water partition coefficient (Wildman–Crippen LogP) is 9.14. The van der Waals surface area contributed by atoms with Gasteiger partial charge in [0.05, 0.1) is 0 Å². The maximum Gasteiger partial charge on any atom is 0.0321 e. The van der Waals surface area contributed by atoms with E-state index in [1.54, 1.807) is 0 Å². The molecule has 234 valence electrons. The van der Waals surface area contributed by atoms with Crippen molar-refractivity contribution in [1.82, 2.24) is 0 Å². The Labute approximate surface area is 297 Å². The summed E-state index contributed by atoms with van der Waals surface area (Å²) in [6.07, 6.45) is 12.4. The van der Waals surface area contributed by atoms with Gasteiger partial charge in [-0.3, -0.25) is 0 Å². The van der Waals surface area contributed by atoms with Gasteiger partial charge in [-0.1, -0.05) is 182 Å². The van der Waals surface area contributed by atoms with Crippen LogP contribution in [0.25, 0.3) is 32.7 Å². The summed E-state index contributed by atoms with van der Waals surface area (Å²) in [5.74, 6) is 5.98. The lowest BCUT2D eigenvalue weighted by atomic mass is 9.91. The van der Waals surface area contributed by atoms with Crippen LogP contribution in [0.5, 0.6) is 0 Å². The summed E-state index contributed by atoms with van der Waals surface area (Å²) in [4.78, 5) is 0. The topological polar surface area (TPSA) is 0 Å². The van der Waals surface area contributed by atoms with Crippen LogP contribution >= 0.6 is 15.8 Å². The van der Waals surface area contributed by atoms with Gasteiger partial charge in [0.2, 0.25) is 0 Å². The Hall–Kier alpha value is -5.74. The van der Waals surface area contributed by atoms with E-state index in [4.69, 9.17) is 12.8 Å². The quantitative estimate of drug-likeness (QED) is 0.117. The standard InChI is InChI=1S/C48H32P2/c1-3-35-19-17-29-43-41(35)31-33-45(49(37-21-9-5-10-22-37)38-23-11-6-12-24-38)47(43)48-44-30-18-20-36(4-2)42(44)32-34-46(48)50(39-25-13-7-14-26-39)40-27-15-8-16-28-40/h1-2,5-34H. The molecule has 0 unspecified atom stereocenters. The molecule has 0 heterocycles. The zero-order valence-electron chi connectivity index (χ0n) is 27.4. The van der Waals surface area contributed by atoms with E-state index < -0.39 is 15.8 Å². The molecule has 0 saturated carbocycles. The zero-order valence-corrected chi connectivity index (χ0v) is 29.2. The first-order valence-corrected chi connectivity index (χ1v) is 19.3. The molecule has 0 atom stereocenters. The Kier molecular flexibility index (Phi) is 8.83. The van der Waals surface area contributed by atoms with E-state index in [1.807, 2.05) is 12.1 Å². The molecule has 0 aromatic heterocycles. The highest BCUT2D eigenvalue weighted by molar-refractivity contribution is 7.80. The third-order valence-electron chi connectivity index (χ3n) is 9.18. The molecule has 0 bridgehead atoms. The second-order valence-corrected chi connectivity index (χ2v) is 16.4. The van der Waals surface area contributed by atoms with E-state index in [1.165, 1.54) is 43.0 Å². The normalized spacial score (nSPS) is 11.1. The number of hydrogen-bond donors (Lipinski definition) is 0. The van der Waals surface area contributed by atoms with Crippen LogP contribution in [0.15, 0.2) is 182 Å². The van der Waals surface area contributed by atoms with Gasteiger partial charge < -0.3 is 0 Å². The summed E-state index contributed by atoms with van der Waals surface area (Å²) in [6, 6.07) is 65.7. The van der Waals surface area contributed by atoms with Crippen molar-refractivity contribution in [1.29, 1.82) is 0 Å². The average Bonchev–Trinajstić information content (AvgIpc) is 3.19. The zero-order chi connectivity index (χ0) is 33.9. The number of terminal acetylenes is 2. The minimum Gasteiger partial charge on any atom is -0.115 e. The van der Waals surface area contributed by atoms with Crippen molar-refractivity contribution in [3.63, 3.8) is 0 Å². The third-order valence-corrected chi connectivity index (χ3v) is 14.1. The lowest BCUT2D eigenvalue weighted by Crippen LogP contribution is -2.26. The molecule has 0 amide bonds. The smallest absolute Gasteiger partial charge is 0.0321 e. The summed E-state index contributed by atoms with van der Waals surface area (Å²) in [7, 11) is -1.94. The fraction of sp³-hybridized carbons (Fsp3) is 0. The van der Waals surface area contributed by atoms with Gasteiger partial charge in [0.15, 0.2) is 0 Å². The maximum absolute atomic E-state index is 6.18. The summed E-state index contributed by atoms with van der Waals surface area (Å²) in [5, 5.41) is 12.2. The molecule has 0 aliphatic carbocycles. The molecule has 0 aliphatic rings. The van der Waals surface area contributed by atoms with Crippen LogP contribution in [0.4, 0.5) is 0 Å². The molecule has 8 rings (SSSR count). The van der Waals surface area contributed by atoms with E-state index in [0.717, 1.165) is 32.7 Å². The van der Waals surface area contributed by atoms with E-state index in [-0.39, 0.29) is 0 Å². The minimum absolute atomic E-state index is 0.888. The lowest BCUT2D eigenvalue weighted by molar-refractivity contribution is 1.69. The van der Waals surface area contributed by atoms with Crippen molar-refractivity contribution in [2.24, 2.45) is 0 Å². The molecule has 0 nitrogen and oxygen atoms in total. The molecule has 8 aromatic rings. The monoisotopic (exact) mass is 670 g/mol. The molecule has 2 heteroatoms. The van der Waals surface area contributed by atoms with E-state index in [0.29, 0.717) is 0 Å². The highest BCUT2D eigenvalue weighted by atomic mass is 31.1. The number of rotatable bonds is 7. The van der Waals surface area contributed by atoms with Crippen molar-refractivity contribution in [3.05, 3.63) is 193 Å². The summed E-state index contributed by atoms with van der Waals surface area (Å²) in [6.45, 7) is 0. The Balaban J connectivity index is 1.58. The second kappa shape index (κ2) is 14.0. The Morgan fingerprint density at radius 2 is 0.620 bits per heavy atom. The molecule has 0 saturated heterocycles. The van der Waals surface area contributed by atoms with Crippen molar-refractivity contribution in [2.75, 3.05) is 0 Å². The minimum atomic E-state index is -0.969. The summed E-state index contributed by atoms with van der Waals surface area (Å²) >= 11 is 0. The Morgan fingerprint density at radius 1 is 0.300 bits per heavy atom. The molecule has 0 aliphatic heterocycles. The first-order valence-electron chi connectivity index (χ1n) is 16.6. The molecule has 0 radical (unpaired) electrons. The fourth-order valence-electron chi connectivity index (χ4n) is 7.01. The lowest BCUT2D eigenvalue weighted by Gasteiger charge is -2.28. The Bertz CT molecular complexity index is 2280. The van der Waals surface area contributed by atoms with Crippen LogP contribution < -0.4 is 31.8 Å². The van der Waals surface area contributed by atoms with Gasteiger partial charge in [-0.05, 0) is 92.5 Å². The summed E-state index contributed by atoms with van der Waals surface area (Å²) in [5.41, 5.74) is 4.21. The van der Waals surface area contributed by atoms with Gasteiger partial charge in [-0.2, -0.15) is 0 Å². The molecule has 50 heavy (non-hydrogen) atoms. The van der Waals surface area contributed by atoms with Gasteiger partial charge in [0.25, 0.3) is 0 Å². The van der Waals surface area contributed by atoms with Crippen LogP contribution in [-0.2, 0) is 0 Å². The van der Waals surface area contributed by atoms with Gasteiger partial charge in [0.1, 0.15) is 0 Å². The maximum atomic E-state index is 6.18. The first-order chi connectivity index (χ1) is 24.8. The largest absolute Gasteiger partial charge is 0.115 e. The van der Waals surface area contributed by atoms with Crippen molar-refractivity contribution < 1.29 is 0 Å². The van der Waals surface area contributed by atoms with E-state index >= 15 is 0 Å². The average molecular weight is 671 g/mol. The van der Waals surface area contributed by atoms with Crippen molar-refractivity contribution in [3.8, 4) is 35.8 Å². The van der Waals surface area contributed by atoms with Crippen LogP contribution in [0.1, 0.15) is 11.1 Å². The van der Waals surface area contributed by atoms with Crippen molar-refractivity contribution >= 4 is 69.2 Å². The van der Waals surface area contributed by atoms with Crippen molar-refractivity contribution in [2.45, 2.75) is 0 Å². The van der Waals surface area contributed by atoms with Crippen LogP contribution in [0.3, 0.4) is 0 Å². The highest BCUT2D eigenvalue weighted by Crippen LogP contribution is 2.46. The Morgan fingerprint density at radius 3 is 0.920 bits per heavy atom. The van der Waals surface area contributed by atoms with E-state index in [9.17, 15) is 0 Å². The number of hydrogen-bond acceptors (Lipinski definition) is 0. The van der Waals surface area contributed by atoms with Gasteiger partial charge >= 0.3 is 0 Å². The fourth-order valence-corrected chi connectivity index (χ4v) is 12.0. The third kappa shape index (κ3) is 5.71. The number of benzene rings is 8.